The molecule has 0 radical (unpaired) electrons. The van der Waals surface area contributed by atoms with E-state index < -0.39 is 0 Å². The van der Waals surface area contributed by atoms with Gasteiger partial charge in [-0.15, -0.1) is 0 Å². The molecule has 0 amide bonds. The number of rotatable bonds is 0. The number of hydrogen-bond donors (Lipinski definition) is 0. The highest BCUT2D eigenvalue weighted by Gasteiger charge is 2.07. The van der Waals surface area contributed by atoms with Gasteiger partial charge in [0, 0.05) is 6.92 Å². The zero-order chi connectivity index (χ0) is 9.42. The third kappa shape index (κ3) is 1.14. The van der Waals surface area contributed by atoms with E-state index in [2.05, 4.69) is 9.97 Å². The zero-order valence-electron chi connectivity index (χ0n) is 7.33. The predicted octanol–water partition coefficient (Wildman–Crippen LogP) is 1.71. The first-order chi connectivity index (χ1) is 6.20. The number of pyridine rings is 1. The average molecular weight is 173 g/mol. The van der Waals surface area contributed by atoms with Crippen molar-refractivity contribution in [3.05, 3.63) is 23.2 Å². The zero-order valence-corrected chi connectivity index (χ0v) is 7.33. The molecule has 0 saturated carbocycles. The third-order valence-corrected chi connectivity index (χ3v) is 1.78. The number of fused-ring (bicyclic) bond motifs is 1. The van der Waals surface area contributed by atoms with E-state index in [1.807, 2.05) is 13.0 Å². The molecular weight excluding hydrogens is 166 g/mol. The van der Waals surface area contributed by atoms with Gasteiger partial charge in [0.1, 0.15) is 17.3 Å². The molecule has 4 nitrogen and oxygen atoms in total. The van der Waals surface area contributed by atoms with Crippen molar-refractivity contribution in [1.82, 2.24) is 9.97 Å². The van der Waals surface area contributed by atoms with E-state index in [0.29, 0.717) is 17.3 Å². The van der Waals surface area contributed by atoms with Gasteiger partial charge in [0.05, 0.1) is 0 Å². The molecule has 0 spiro atoms. The standard InChI is InChI=1S/C9H7N3O/c1-5-3-7(4-10)12-9-8(5)11-6(2)13-9/h3H,1-2H3. The first-order valence-electron chi connectivity index (χ1n) is 3.85. The molecule has 0 bridgehead atoms. The van der Waals surface area contributed by atoms with Crippen LogP contribution >= 0.6 is 0 Å². The topological polar surface area (TPSA) is 62.7 Å². The largest absolute Gasteiger partial charge is 0.423 e. The van der Waals surface area contributed by atoms with Crippen LogP contribution in [0.4, 0.5) is 0 Å². The Labute approximate surface area is 74.8 Å². The van der Waals surface area contributed by atoms with Crippen molar-refractivity contribution in [3.63, 3.8) is 0 Å². The second-order valence-corrected chi connectivity index (χ2v) is 2.82. The van der Waals surface area contributed by atoms with E-state index in [0.717, 1.165) is 11.1 Å². The molecule has 0 atom stereocenters. The van der Waals surface area contributed by atoms with E-state index >= 15 is 0 Å². The fourth-order valence-electron chi connectivity index (χ4n) is 1.22. The lowest BCUT2D eigenvalue weighted by atomic mass is 10.2. The highest BCUT2D eigenvalue weighted by molar-refractivity contribution is 5.73. The minimum absolute atomic E-state index is 0.362. The molecule has 0 unspecified atom stereocenters. The van der Waals surface area contributed by atoms with Crippen LogP contribution in [-0.2, 0) is 0 Å². The second-order valence-electron chi connectivity index (χ2n) is 2.82. The molecule has 2 aromatic heterocycles. The number of oxazole rings is 1. The van der Waals surface area contributed by atoms with Crippen LogP contribution in [0, 0.1) is 25.2 Å². The lowest BCUT2D eigenvalue weighted by molar-refractivity contribution is 0.551. The number of nitrogens with zero attached hydrogens (tertiary/aromatic N) is 3. The van der Waals surface area contributed by atoms with E-state index in [1.54, 1.807) is 13.0 Å². The minimum atomic E-state index is 0.362. The monoisotopic (exact) mass is 173 g/mol. The van der Waals surface area contributed by atoms with Crippen molar-refractivity contribution in [1.29, 1.82) is 5.26 Å². The molecule has 0 aliphatic carbocycles. The molecule has 4 heteroatoms. The summed E-state index contributed by atoms with van der Waals surface area (Å²) in [5, 5.41) is 8.65. The van der Waals surface area contributed by atoms with Gasteiger partial charge in [0.2, 0.25) is 5.71 Å². The van der Waals surface area contributed by atoms with E-state index in [-0.39, 0.29) is 0 Å². The van der Waals surface area contributed by atoms with Crippen molar-refractivity contribution in [2.75, 3.05) is 0 Å². The van der Waals surface area contributed by atoms with Gasteiger partial charge in [0.15, 0.2) is 5.89 Å². The predicted molar refractivity (Wildman–Crippen MR) is 46.0 cm³/mol. The fourth-order valence-corrected chi connectivity index (χ4v) is 1.22. The molecule has 0 aliphatic heterocycles. The number of aromatic nitrogens is 2. The van der Waals surface area contributed by atoms with Crippen molar-refractivity contribution >= 4 is 11.2 Å². The average Bonchev–Trinajstić information content (AvgIpc) is 2.46. The Hall–Kier alpha value is -1.89. The first kappa shape index (κ1) is 7.74. The van der Waals surface area contributed by atoms with Gasteiger partial charge in [-0.1, -0.05) is 0 Å². The van der Waals surface area contributed by atoms with Crippen LogP contribution in [0.25, 0.3) is 11.2 Å². The van der Waals surface area contributed by atoms with E-state index in [1.165, 1.54) is 0 Å². The Morgan fingerprint density at radius 2 is 2.15 bits per heavy atom. The van der Waals surface area contributed by atoms with Crippen LogP contribution in [0.15, 0.2) is 10.5 Å². The van der Waals surface area contributed by atoms with Crippen molar-refractivity contribution < 1.29 is 4.42 Å². The highest BCUT2D eigenvalue weighted by Crippen LogP contribution is 2.17. The van der Waals surface area contributed by atoms with E-state index in [9.17, 15) is 0 Å². The Bertz CT molecular complexity index is 507. The summed E-state index contributed by atoms with van der Waals surface area (Å²) in [6.45, 7) is 3.64. The van der Waals surface area contributed by atoms with Crippen molar-refractivity contribution in [3.8, 4) is 6.07 Å². The van der Waals surface area contributed by atoms with Crippen LogP contribution in [0.5, 0.6) is 0 Å². The Kier molecular flexibility index (Phi) is 1.52. The fraction of sp³-hybridized carbons (Fsp3) is 0.222. The maximum atomic E-state index is 8.65. The van der Waals surface area contributed by atoms with Gasteiger partial charge < -0.3 is 4.42 Å². The van der Waals surface area contributed by atoms with Crippen molar-refractivity contribution in [2.45, 2.75) is 13.8 Å². The molecule has 13 heavy (non-hydrogen) atoms. The Morgan fingerprint density at radius 1 is 1.38 bits per heavy atom. The van der Waals surface area contributed by atoms with Crippen LogP contribution in [-0.4, -0.2) is 9.97 Å². The molecule has 2 rings (SSSR count). The summed E-state index contributed by atoms with van der Waals surface area (Å²) in [4.78, 5) is 8.13. The maximum absolute atomic E-state index is 8.65. The SMILES string of the molecule is Cc1nc2c(C)cc(C#N)nc2o1. The van der Waals surface area contributed by atoms with Crippen LogP contribution < -0.4 is 0 Å². The molecule has 0 fully saturated rings. The Morgan fingerprint density at radius 3 is 2.85 bits per heavy atom. The van der Waals surface area contributed by atoms with E-state index in [4.69, 9.17) is 9.68 Å². The van der Waals surface area contributed by atoms with Gasteiger partial charge in [0.25, 0.3) is 0 Å². The number of aryl methyl sites for hydroxylation is 2. The molecule has 0 N–H and O–H groups in total. The van der Waals surface area contributed by atoms with Gasteiger partial charge >= 0.3 is 0 Å². The molecule has 2 heterocycles. The summed E-state index contributed by atoms with van der Waals surface area (Å²) in [5.74, 6) is 0.570. The molecule has 0 aliphatic rings. The summed E-state index contributed by atoms with van der Waals surface area (Å²) in [7, 11) is 0. The summed E-state index contributed by atoms with van der Waals surface area (Å²) in [5.41, 5.74) is 2.45. The normalized spacial score (nSPS) is 10.2. The van der Waals surface area contributed by atoms with Crippen LogP contribution in [0.3, 0.4) is 0 Å². The minimum Gasteiger partial charge on any atom is -0.423 e. The molecule has 2 aromatic rings. The number of nitriles is 1. The van der Waals surface area contributed by atoms with Crippen molar-refractivity contribution in [2.24, 2.45) is 0 Å². The second kappa shape index (κ2) is 2.56. The Balaban J connectivity index is 2.85. The number of hydrogen-bond acceptors (Lipinski definition) is 4. The lowest BCUT2D eigenvalue weighted by Gasteiger charge is -1.92. The first-order valence-corrected chi connectivity index (χ1v) is 3.85. The van der Waals surface area contributed by atoms with Gasteiger partial charge in [-0.25, -0.2) is 9.97 Å². The van der Waals surface area contributed by atoms with Crippen LogP contribution in [0.1, 0.15) is 17.1 Å². The summed E-state index contributed by atoms with van der Waals surface area (Å²) in [6, 6.07) is 3.67. The summed E-state index contributed by atoms with van der Waals surface area (Å²) >= 11 is 0. The van der Waals surface area contributed by atoms with Crippen LogP contribution in [0.2, 0.25) is 0 Å². The molecular formula is C9H7N3O. The molecule has 64 valence electrons. The quantitative estimate of drug-likeness (QED) is 0.608. The van der Waals surface area contributed by atoms with Gasteiger partial charge in [-0.2, -0.15) is 5.26 Å². The maximum Gasteiger partial charge on any atom is 0.248 e. The summed E-state index contributed by atoms with van der Waals surface area (Å²) < 4.78 is 5.22. The van der Waals surface area contributed by atoms with Gasteiger partial charge in [-0.05, 0) is 18.6 Å². The highest BCUT2D eigenvalue weighted by atomic mass is 16.4. The molecule has 0 saturated heterocycles. The van der Waals surface area contributed by atoms with Gasteiger partial charge in [-0.3, -0.25) is 0 Å². The lowest BCUT2D eigenvalue weighted by Crippen LogP contribution is -1.85. The molecule has 0 aromatic carbocycles. The smallest absolute Gasteiger partial charge is 0.248 e. The summed E-state index contributed by atoms with van der Waals surface area (Å²) in [6.07, 6.45) is 0. The third-order valence-electron chi connectivity index (χ3n) is 1.78.